The average Bonchev–Trinajstić information content (AvgIpc) is 2.34. The van der Waals surface area contributed by atoms with Gasteiger partial charge in [0.05, 0.1) is 0 Å². The van der Waals surface area contributed by atoms with Crippen LogP contribution in [0.3, 0.4) is 0 Å². The van der Waals surface area contributed by atoms with Crippen LogP contribution in [0.2, 0.25) is 0 Å². The molecule has 1 rings (SSSR count). The summed E-state index contributed by atoms with van der Waals surface area (Å²) in [6.07, 6.45) is 4.71. The van der Waals surface area contributed by atoms with Crippen LogP contribution in [0.4, 0.5) is 0 Å². The number of hydrogen-bond donors (Lipinski definition) is 1. The maximum absolute atomic E-state index is 11.8. The van der Waals surface area contributed by atoms with Gasteiger partial charge in [0.15, 0.2) is 5.78 Å². The van der Waals surface area contributed by atoms with Gasteiger partial charge in [0, 0.05) is 18.0 Å². The number of rotatable bonds is 7. The lowest BCUT2D eigenvalue weighted by molar-refractivity contribution is 0.0977. The maximum Gasteiger partial charge on any atom is 0.162 e. The van der Waals surface area contributed by atoms with Gasteiger partial charge in [-0.05, 0) is 12.8 Å². The first-order valence-electron chi connectivity index (χ1n) is 6.08. The van der Waals surface area contributed by atoms with Gasteiger partial charge >= 0.3 is 0 Å². The zero-order valence-electron chi connectivity index (χ0n) is 9.99. The van der Waals surface area contributed by atoms with Gasteiger partial charge in [-0.1, -0.05) is 50.1 Å². The first kappa shape index (κ1) is 12.9. The van der Waals surface area contributed by atoms with Gasteiger partial charge in [-0.2, -0.15) is 0 Å². The largest absolute Gasteiger partial charge is 0.328 e. The van der Waals surface area contributed by atoms with Crippen molar-refractivity contribution in [1.29, 1.82) is 0 Å². The SMILES string of the molecule is CCCCC(N)CCC(=O)c1ccccc1. The molecule has 1 aromatic carbocycles. The fourth-order valence-electron chi connectivity index (χ4n) is 1.70. The highest BCUT2D eigenvalue weighted by atomic mass is 16.1. The molecule has 16 heavy (non-hydrogen) atoms. The Bertz CT molecular complexity index is 308. The summed E-state index contributed by atoms with van der Waals surface area (Å²) in [5.41, 5.74) is 6.73. The summed E-state index contributed by atoms with van der Waals surface area (Å²) in [6, 6.07) is 9.60. The number of hydrogen-bond acceptors (Lipinski definition) is 2. The van der Waals surface area contributed by atoms with E-state index in [4.69, 9.17) is 5.73 Å². The van der Waals surface area contributed by atoms with Crippen LogP contribution in [-0.4, -0.2) is 11.8 Å². The summed E-state index contributed by atoms with van der Waals surface area (Å²) in [4.78, 5) is 11.8. The number of carbonyl (C=O) groups excluding carboxylic acids is 1. The molecule has 88 valence electrons. The maximum atomic E-state index is 11.8. The fraction of sp³-hybridized carbons (Fsp3) is 0.500. The molecule has 2 heteroatoms. The molecule has 0 aliphatic rings. The van der Waals surface area contributed by atoms with E-state index < -0.39 is 0 Å². The van der Waals surface area contributed by atoms with E-state index in [-0.39, 0.29) is 11.8 Å². The molecular formula is C14H21NO. The van der Waals surface area contributed by atoms with E-state index in [2.05, 4.69) is 6.92 Å². The summed E-state index contributed by atoms with van der Waals surface area (Å²) in [7, 11) is 0. The van der Waals surface area contributed by atoms with Gasteiger partial charge < -0.3 is 5.73 Å². The normalized spacial score (nSPS) is 12.4. The van der Waals surface area contributed by atoms with Crippen molar-refractivity contribution in [3.05, 3.63) is 35.9 Å². The second kappa shape index (κ2) is 7.18. The van der Waals surface area contributed by atoms with Crippen molar-refractivity contribution >= 4 is 5.78 Å². The predicted molar refractivity (Wildman–Crippen MR) is 67.5 cm³/mol. The van der Waals surface area contributed by atoms with Crippen LogP contribution in [0, 0.1) is 0 Å². The molecule has 0 aromatic heterocycles. The summed E-state index contributed by atoms with van der Waals surface area (Å²) >= 11 is 0. The van der Waals surface area contributed by atoms with Crippen molar-refractivity contribution in [2.45, 2.75) is 45.1 Å². The molecule has 0 radical (unpaired) electrons. The molecule has 0 fully saturated rings. The first-order valence-corrected chi connectivity index (χ1v) is 6.08. The molecule has 2 nitrogen and oxygen atoms in total. The van der Waals surface area contributed by atoms with Crippen molar-refractivity contribution in [1.82, 2.24) is 0 Å². The summed E-state index contributed by atoms with van der Waals surface area (Å²) in [5, 5.41) is 0. The minimum Gasteiger partial charge on any atom is -0.328 e. The fourth-order valence-corrected chi connectivity index (χ4v) is 1.70. The van der Waals surface area contributed by atoms with Crippen LogP contribution in [0.5, 0.6) is 0 Å². The number of unbranched alkanes of at least 4 members (excludes halogenated alkanes) is 1. The molecule has 1 aromatic rings. The van der Waals surface area contributed by atoms with Crippen LogP contribution in [0.1, 0.15) is 49.4 Å². The van der Waals surface area contributed by atoms with E-state index >= 15 is 0 Å². The topological polar surface area (TPSA) is 43.1 Å². The first-order chi connectivity index (χ1) is 7.74. The standard InChI is InChI=1S/C14H21NO/c1-2-3-9-13(15)10-11-14(16)12-7-5-4-6-8-12/h4-8,13H,2-3,9-11,15H2,1H3. The van der Waals surface area contributed by atoms with Gasteiger partial charge in [0.25, 0.3) is 0 Å². The predicted octanol–water partition coefficient (Wildman–Crippen LogP) is 3.17. The Balaban J connectivity index is 2.30. The molecule has 1 unspecified atom stereocenters. The van der Waals surface area contributed by atoms with Crippen molar-refractivity contribution in [3.8, 4) is 0 Å². The Hall–Kier alpha value is -1.15. The molecular weight excluding hydrogens is 198 g/mol. The third-order valence-corrected chi connectivity index (χ3v) is 2.77. The second-order valence-electron chi connectivity index (χ2n) is 4.23. The van der Waals surface area contributed by atoms with Gasteiger partial charge in [-0.25, -0.2) is 0 Å². The number of nitrogens with two attached hydrogens (primary N) is 1. The van der Waals surface area contributed by atoms with E-state index in [0.717, 1.165) is 24.8 Å². The molecule has 0 aliphatic carbocycles. The average molecular weight is 219 g/mol. The monoisotopic (exact) mass is 219 g/mol. The van der Waals surface area contributed by atoms with Crippen LogP contribution in [0.25, 0.3) is 0 Å². The lowest BCUT2D eigenvalue weighted by atomic mass is 10.0. The molecule has 0 heterocycles. The molecule has 1 atom stereocenters. The summed E-state index contributed by atoms with van der Waals surface area (Å²) in [5.74, 6) is 0.201. The molecule has 0 bridgehead atoms. The minimum absolute atomic E-state index is 0.174. The number of Topliss-reactive ketones (excluding diaryl/α,β-unsaturated/α-hetero) is 1. The van der Waals surface area contributed by atoms with Crippen molar-refractivity contribution < 1.29 is 4.79 Å². The van der Waals surface area contributed by atoms with Gasteiger partial charge in [-0.15, -0.1) is 0 Å². The summed E-state index contributed by atoms with van der Waals surface area (Å²) in [6.45, 7) is 2.15. The highest BCUT2D eigenvalue weighted by Gasteiger charge is 2.08. The van der Waals surface area contributed by atoms with Gasteiger partial charge in [-0.3, -0.25) is 4.79 Å². The van der Waals surface area contributed by atoms with Crippen LogP contribution in [-0.2, 0) is 0 Å². The van der Waals surface area contributed by atoms with Gasteiger partial charge in [0.1, 0.15) is 0 Å². The second-order valence-corrected chi connectivity index (χ2v) is 4.23. The Morgan fingerprint density at radius 3 is 2.56 bits per heavy atom. The smallest absolute Gasteiger partial charge is 0.162 e. The van der Waals surface area contributed by atoms with E-state index in [1.165, 1.54) is 6.42 Å². The van der Waals surface area contributed by atoms with E-state index in [0.29, 0.717) is 6.42 Å². The lowest BCUT2D eigenvalue weighted by Crippen LogP contribution is -2.20. The third-order valence-electron chi connectivity index (χ3n) is 2.77. The molecule has 0 aliphatic heterocycles. The lowest BCUT2D eigenvalue weighted by Gasteiger charge is -2.09. The van der Waals surface area contributed by atoms with Crippen molar-refractivity contribution in [2.75, 3.05) is 0 Å². The van der Waals surface area contributed by atoms with Gasteiger partial charge in [0.2, 0.25) is 0 Å². The highest BCUT2D eigenvalue weighted by Crippen LogP contribution is 2.09. The van der Waals surface area contributed by atoms with Crippen LogP contribution < -0.4 is 5.73 Å². The Morgan fingerprint density at radius 2 is 1.94 bits per heavy atom. The highest BCUT2D eigenvalue weighted by molar-refractivity contribution is 5.95. The molecule has 2 N–H and O–H groups in total. The van der Waals surface area contributed by atoms with Crippen molar-refractivity contribution in [2.24, 2.45) is 5.73 Å². The Morgan fingerprint density at radius 1 is 1.25 bits per heavy atom. The third kappa shape index (κ3) is 4.58. The molecule has 0 spiro atoms. The zero-order chi connectivity index (χ0) is 11.8. The van der Waals surface area contributed by atoms with E-state index in [1.54, 1.807) is 0 Å². The molecule has 0 amide bonds. The van der Waals surface area contributed by atoms with Crippen molar-refractivity contribution in [3.63, 3.8) is 0 Å². The number of ketones is 1. The Labute approximate surface area is 97.9 Å². The number of carbonyl (C=O) groups is 1. The molecule has 0 saturated heterocycles. The zero-order valence-corrected chi connectivity index (χ0v) is 9.99. The van der Waals surface area contributed by atoms with Crippen LogP contribution in [0.15, 0.2) is 30.3 Å². The van der Waals surface area contributed by atoms with E-state index in [1.807, 2.05) is 30.3 Å². The number of benzene rings is 1. The quantitative estimate of drug-likeness (QED) is 0.716. The Kier molecular flexibility index (Phi) is 5.79. The van der Waals surface area contributed by atoms with Crippen LogP contribution >= 0.6 is 0 Å². The minimum atomic E-state index is 0.174. The molecule has 0 saturated carbocycles. The summed E-state index contributed by atoms with van der Waals surface area (Å²) < 4.78 is 0. The van der Waals surface area contributed by atoms with E-state index in [9.17, 15) is 4.79 Å².